The van der Waals surface area contributed by atoms with Crippen molar-refractivity contribution in [3.8, 4) is 5.75 Å². The number of carbonyl (C=O) groups is 2. The lowest BCUT2D eigenvalue weighted by Crippen LogP contribution is -2.20. The van der Waals surface area contributed by atoms with E-state index in [1.54, 1.807) is 6.20 Å². The first-order chi connectivity index (χ1) is 10.1. The summed E-state index contributed by atoms with van der Waals surface area (Å²) in [6, 6.07) is 4.39. The first kappa shape index (κ1) is 13.5. The largest absolute Gasteiger partial charge is 0.507 e. The number of aryl methyl sites for hydroxylation is 1. The molecule has 1 aliphatic carbocycles. The number of allylic oxidation sites excluding steroid dienone is 2. The Labute approximate surface area is 124 Å². The minimum atomic E-state index is -0.468. The molecule has 0 saturated carbocycles. The number of nitrogens with zero attached hydrogens (tertiary/aromatic N) is 3. The van der Waals surface area contributed by atoms with Crippen LogP contribution in [-0.2, 0) is 6.42 Å². The lowest BCUT2D eigenvalue weighted by Gasteiger charge is -2.15. The fourth-order valence-corrected chi connectivity index (χ4v) is 2.37. The Balaban J connectivity index is 2.07. The van der Waals surface area contributed by atoms with Gasteiger partial charge in [-0.1, -0.05) is 17.3 Å². The summed E-state index contributed by atoms with van der Waals surface area (Å²) in [5.41, 5.74) is 0.857. The number of aromatic nitrogens is 3. The summed E-state index contributed by atoms with van der Waals surface area (Å²) in [6.45, 7) is 0. The molecule has 1 aliphatic rings. The third kappa shape index (κ3) is 2.23. The number of Topliss-reactive ketones (excluding diaryl/α,β-unsaturated/α-hetero) is 1. The number of rotatable bonds is 3. The highest BCUT2D eigenvalue weighted by atomic mass is 35.5. The van der Waals surface area contributed by atoms with E-state index in [2.05, 4.69) is 10.3 Å². The molecule has 1 aromatic heterocycles. The predicted octanol–water partition coefficient (Wildman–Crippen LogP) is 1.69. The van der Waals surface area contributed by atoms with E-state index < -0.39 is 5.78 Å². The van der Waals surface area contributed by atoms with Gasteiger partial charge in [0.15, 0.2) is 5.78 Å². The molecule has 1 N–H and O–H groups in total. The van der Waals surface area contributed by atoms with Gasteiger partial charge in [0.1, 0.15) is 11.4 Å². The topological polar surface area (TPSA) is 85.1 Å². The van der Waals surface area contributed by atoms with Crippen LogP contribution in [0.5, 0.6) is 5.75 Å². The second-order valence-electron chi connectivity index (χ2n) is 4.52. The van der Waals surface area contributed by atoms with Crippen molar-refractivity contribution in [3.05, 3.63) is 47.3 Å². The van der Waals surface area contributed by atoms with Crippen LogP contribution >= 0.6 is 11.6 Å². The summed E-state index contributed by atoms with van der Waals surface area (Å²) in [6.07, 6.45) is 3.26. The SMILES string of the molecule is O=C1C=C(n2cc(CCCl)nn2)C(=O)c2c(O)cccc21. The summed E-state index contributed by atoms with van der Waals surface area (Å²) < 4.78 is 1.23. The van der Waals surface area contributed by atoms with Gasteiger partial charge in [-0.2, -0.15) is 0 Å². The van der Waals surface area contributed by atoms with E-state index >= 15 is 0 Å². The molecule has 106 valence electrons. The third-order valence-corrected chi connectivity index (χ3v) is 3.36. The number of phenolic OH excluding ortho intramolecular Hbond substituents is 1. The van der Waals surface area contributed by atoms with Gasteiger partial charge in [0, 0.05) is 23.9 Å². The Morgan fingerprint density at radius 1 is 1.29 bits per heavy atom. The van der Waals surface area contributed by atoms with Crippen LogP contribution in [0, 0.1) is 0 Å². The van der Waals surface area contributed by atoms with Crippen LogP contribution in [0.2, 0.25) is 0 Å². The standard InChI is InChI=1S/C14H10ClN3O3/c15-5-4-8-7-18(17-16-8)10-6-12(20)9-2-1-3-11(19)13(9)14(10)21/h1-3,6-7,19H,4-5H2. The van der Waals surface area contributed by atoms with E-state index in [-0.39, 0.29) is 28.4 Å². The zero-order chi connectivity index (χ0) is 15.0. The minimum Gasteiger partial charge on any atom is -0.507 e. The van der Waals surface area contributed by atoms with Crippen LogP contribution < -0.4 is 0 Å². The molecular weight excluding hydrogens is 294 g/mol. The number of aromatic hydroxyl groups is 1. The average Bonchev–Trinajstić information content (AvgIpc) is 2.91. The van der Waals surface area contributed by atoms with Crippen molar-refractivity contribution in [2.24, 2.45) is 0 Å². The van der Waals surface area contributed by atoms with Crippen molar-refractivity contribution in [1.29, 1.82) is 0 Å². The molecule has 0 amide bonds. The van der Waals surface area contributed by atoms with Gasteiger partial charge in [-0.25, -0.2) is 4.68 Å². The van der Waals surface area contributed by atoms with Gasteiger partial charge in [0.25, 0.3) is 0 Å². The number of phenols is 1. The summed E-state index contributed by atoms with van der Waals surface area (Å²) in [5.74, 6) is -0.665. The van der Waals surface area contributed by atoms with Crippen LogP contribution in [0.4, 0.5) is 0 Å². The van der Waals surface area contributed by atoms with Crippen molar-refractivity contribution in [2.75, 3.05) is 5.88 Å². The molecule has 21 heavy (non-hydrogen) atoms. The Kier molecular flexibility index (Phi) is 3.31. The summed E-state index contributed by atoms with van der Waals surface area (Å²) in [4.78, 5) is 24.5. The molecule has 0 fully saturated rings. The quantitative estimate of drug-likeness (QED) is 0.872. The fraction of sp³-hybridized carbons (Fsp3) is 0.143. The summed E-state index contributed by atoms with van der Waals surface area (Å²) >= 11 is 5.62. The fourth-order valence-electron chi connectivity index (χ4n) is 2.18. The first-order valence-electron chi connectivity index (χ1n) is 6.22. The molecule has 0 bridgehead atoms. The molecule has 3 rings (SSSR count). The zero-order valence-electron chi connectivity index (χ0n) is 10.8. The first-order valence-corrected chi connectivity index (χ1v) is 6.75. The molecule has 1 aromatic carbocycles. The predicted molar refractivity (Wildman–Crippen MR) is 75.5 cm³/mol. The van der Waals surface area contributed by atoms with E-state index in [1.165, 1.54) is 29.0 Å². The average molecular weight is 304 g/mol. The van der Waals surface area contributed by atoms with E-state index in [9.17, 15) is 14.7 Å². The normalized spacial score (nSPS) is 14.0. The van der Waals surface area contributed by atoms with E-state index in [1.807, 2.05) is 0 Å². The number of ketones is 2. The van der Waals surface area contributed by atoms with E-state index in [4.69, 9.17) is 11.6 Å². The lowest BCUT2D eigenvalue weighted by atomic mass is 9.92. The molecule has 0 aliphatic heterocycles. The van der Waals surface area contributed by atoms with Crippen LogP contribution in [0.3, 0.4) is 0 Å². The van der Waals surface area contributed by atoms with Crippen LogP contribution in [-0.4, -0.2) is 37.5 Å². The van der Waals surface area contributed by atoms with Crippen molar-refractivity contribution < 1.29 is 14.7 Å². The maximum absolute atomic E-state index is 12.5. The molecule has 0 atom stereocenters. The minimum absolute atomic E-state index is 0.00519. The molecule has 0 radical (unpaired) electrons. The summed E-state index contributed by atoms with van der Waals surface area (Å²) in [5, 5.41) is 17.5. The number of hydrogen-bond donors (Lipinski definition) is 1. The second-order valence-corrected chi connectivity index (χ2v) is 4.89. The van der Waals surface area contributed by atoms with Gasteiger partial charge in [0.2, 0.25) is 5.78 Å². The van der Waals surface area contributed by atoms with Crippen molar-refractivity contribution in [1.82, 2.24) is 15.0 Å². The molecule has 7 heteroatoms. The monoisotopic (exact) mass is 303 g/mol. The van der Waals surface area contributed by atoms with E-state index in [0.29, 0.717) is 18.0 Å². The molecular formula is C14H10ClN3O3. The Morgan fingerprint density at radius 3 is 2.86 bits per heavy atom. The molecule has 0 spiro atoms. The van der Waals surface area contributed by atoms with Crippen molar-refractivity contribution in [3.63, 3.8) is 0 Å². The highest BCUT2D eigenvalue weighted by molar-refractivity contribution is 6.36. The number of benzene rings is 1. The van der Waals surface area contributed by atoms with Crippen molar-refractivity contribution >= 4 is 28.9 Å². The number of fused-ring (bicyclic) bond motifs is 1. The second kappa shape index (κ2) is 5.14. The van der Waals surface area contributed by atoms with Gasteiger partial charge < -0.3 is 5.11 Å². The molecule has 0 unspecified atom stereocenters. The number of halogens is 1. The van der Waals surface area contributed by atoms with E-state index in [0.717, 1.165) is 0 Å². The molecule has 1 heterocycles. The molecule has 2 aromatic rings. The molecule has 6 nitrogen and oxygen atoms in total. The van der Waals surface area contributed by atoms with Gasteiger partial charge in [0.05, 0.1) is 17.5 Å². The number of carbonyl (C=O) groups excluding carboxylic acids is 2. The number of alkyl halides is 1. The molecule has 0 saturated heterocycles. The maximum atomic E-state index is 12.5. The highest BCUT2D eigenvalue weighted by Crippen LogP contribution is 2.30. The Hall–Kier alpha value is -2.47. The van der Waals surface area contributed by atoms with Gasteiger partial charge >= 0.3 is 0 Å². The summed E-state index contributed by atoms with van der Waals surface area (Å²) in [7, 11) is 0. The third-order valence-electron chi connectivity index (χ3n) is 3.17. The van der Waals surface area contributed by atoms with Crippen LogP contribution in [0.15, 0.2) is 30.5 Å². The lowest BCUT2D eigenvalue weighted by molar-refractivity contribution is 0.0994. The Morgan fingerprint density at radius 2 is 2.10 bits per heavy atom. The van der Waals surface area contributed by atoms with Crippen LogP contribution in [0.25, 0.3) is 5.70 Å². The number of hydrogen-bond acceptors (Lipinski definition) is 5. The van der Waals surface area contributed by atoms with Gasteiger partial charge in [-0.3, -0.25) is 9.59 Å². The smallest absolute Gasteiger partial charge is 0.216 e. The Bertz CT molecular complexity index is 780. The van der Waals surface area contributed by atoms with Gasteiger partial charge in [-0.05, 0) is 6.07 Å². The zero-order valence-corrected chi connectivity index (χ0v) is 11.5. The maximum Gasteiger partial charge on any atom is 0.216 e. The highest BCUT2D eigenvalue weighted by Gasteiger charge is 2.29. The van der Waals surface area contributed by atoms with Crippen LogP contribution in [0.1, 0.15) is 26.4 Å². The van der Waals surface area contributed by atoms with Crippen molar-refractivity contribution in [2.45, 2.75) is 6.42 Å². The van der Waals surface area contributed by atoms with Gasteiger partial charge in [-0.15, -0.1) is 16.7 Å².